The van der Waals surface area contributed by atoms with Crippen LogP contribution >= 0.6 is 0 Å². The van der Waals surface area contributed by atoms with Crippen molar-refractivity contribution in [2.24, 2.45) is 176 Å². The second-order valence-corrected chi connectivity index (χ2v) is 63.5. The zero-order valence-electron chi connectivity index (χ0n) is 118. The molecule has 0 amide bonds. The van der Waals surface area contributed by atoms with Crippen molar-refractivity contribution in [1.82, 2.24) is 0 Å². The van der Waals surface area contributed by atoms with Gasteiger partial charge < -0.3 is 48.1 Å². The van der Waals surface area contributed by atoms with E-state index in [0.717, 1.165) is 85.6 Å². The summed E-state index contributed by atoms with van der Waals surface area (Å²) in [6, 6.07) is 0. The zero-order chi connectivity index (χ0) is 122. The molecule has 0 aliphatic rings. The molecule has 0 heterocycles. The van der Waals surface area contributed by atoms with Crippen LogP contribution < -0.4 is 0 Å². The smallest absolute Gasteiger partial charge is 0.0580 e. The molecular formula is C135H300O10. The summed E-state index contributed by atoms with van der Waals surface area (Å²) in [6.45, 7) is 181. The molecule has 10 heteroatoms. The Bertz CT molecular complexity index is 2480. The summed E-state index contributed by atoms with van der Waals surface area (Å²) in [7, 11) is 8.83. The fourth-order valence-corrected chi connectivity index (χ4v) is 14.5. The van der Waals surface area contributed by atoms with Crippen molar-refractivity contribution >= 4 is 0 Å². The van der Waals surface area contributed by atoms with E-state index in [4.69, 9.17) is 48.1 Å². The third-order valence-electron chi connectivity index (χ3n) is 32.3. The van der Waals surface area contributed by atoms with E-state index in [2.05, 4.69) is 547 Å². The summed E-state index contributed by atoms with van der Waals surface area (Å²) in [5.41, 5.74) is 5.84. The molecule has 145 heavy (non-hydrogen) atoms. The average Bonchev–Trinajstić information content (AvgIpc) is 0.882. The molecule has 0 rings (SSSR count). The molecule has 1 unspecified atom stereocenters. The van der Waals surface area contributed by atoms with Gasteiger partial charge in [0.2, 0.25) is 0 Å². The summed E-state index contributed by atoms with van der Waals surface area (Å²) in [4.78, 5) is 0. The van der Waals surface area contributed by atoms with E-state index < -0.39 is 0 Å². The second-order valence-electron chi connectivity index (χ2n) is 63.5. The maximum absolute atomic E-state index is 9.16. The molecular weight excluding hydrogens is 1780 g/mol. The monoisotopic (exact) mass is 2080 g/mol. The van der Waals surface area contributed by atoms with Crippen LogP contribution in [0.25, 0.3) is 0 Å². The van der Waals surface area contributed by atoms with Crippen LogP contribution in [0.3, 0.4) is 0 Å². The van der Waals surface area contributed by atoms with Crippen molar-refractivity contribution in [3.63, 3.8) is 0 Å². The topological polar surface area (TPSA) is 114 Å². The molecule has 0 fully saturated rings. The van der Waals surface area contributed by atoms with Gasteiger partial charge in [-0.15, -0.1) is 0 Å². The average molecular weight is 2080 g/mol. The van der Waals surface area contributed by atoms with E-state index in [1.807, 2.05) is 13.8 Å². The highest BCUT2D eigenvalue weighted by Crippen LogP contribution is 2.39. The van der Waals surface area contributed by atoms with E-state index >= 15 is 0 Å². The van der Waals surface area contributed by atoms with Gasteiger partial charge >= 0.3 is 0 Å². The van der Waals surface area contributed by atoms with Crippen molar-refractivity contribution in [3.8, 4) is 0 Å². The highest BCUT2D eigenvalue weighted by atomic mass is 16.5. The molecule has 22 atom stereocenters. The highest BCUT2D eigenvalue weighted by molar-refractivity contribution is 4.83. The lowest BCUT2D eigenvalue weighted by Gasteiger charge is -2.33. The molecule has 10 nitrogen and oxygen atoms in total. The lowest BCUT2D eigenvalue weighted by Crippen LogP contribution is -2.31. The first-order valence-electron chi connectivity index (χ1n) is 59.1. The Morgan fingerprint density at radius 1 is 0.193 bits per heavy atom. The van der Waals surface area contributed by atoms with Crippen molar-refractivity contribution in [1.29, 1.82) is 0 Å². The van der Waals surface area contributed by atoms with Gasteiger partial charge in [0, 0.05) is 42.2 Å². The van der Waals surface area contributed by atoms with Crippen LogP contribution in [0, 0.1) is 176 Å². The summed E-state index contributed by atoms with van der Waals surface area (Å²) >= 11 is 0. The molecule has 0 aliphatic heterocycles. The van der Waals surface area contributed by atoms with Gasteiger partial charge in [0.15, 0.2) is 0 Å². The molecule has 0 spiro atoms. The molecule has 900 valence electrons. The van der Waals surface area contributed by atoms with Crippen LogP contribution in [0.4, 0.5) is 0 Å². The first-order chi connectivity index (χ1) is 63.1. The van der Waals surface area contributed by atoms with E-state index in [-0.39, 0.29) is 23.0 Å². The van der Waals surface area contributed by atoms with Crippen molar-refractivity contribution in [2.75, 3.05) is 42.2 Å². The Hall–Kier alpha value is -0.400. The van der Waals surface area contributed by atoms with Crippen LogP contribution in [-0.2, 0) is 37.9 Å². The first kappa shape index (κ1) is 178. The van der Waals surface area contributed by atoms with Gasteiger partial charge in [-0.25, -0.2) is 0 Å². The maximum atomic E-state index is 9.16. The molecule has 0 aromatic rings. The molecule has 0 aromatic heterocycles. The minimum Gasteiger partial charge on any atom is -0.393 e. The number of hydrogen-bond donors (Lipinski definition) is 2. The Morgan fingerprint density at radius 2 is 0.359 bits per heavy atom. The quantitative estimate of drug-likeness (QED) is 0.0824. The lowest BCUT2D eigenvalue weighted by molar-refractivity contribution is -0.0386. The lowest BCUT2D eigenvalue weighted by atomic mass is 9.76. The second kappa shape index (κ2) is 83.0. The summed E-state index contributed by atoms with van der Waals surface area (Å²) in [6.07, 6.45) is 8.83. The van der Waals surface area contributed by atoms with Gasteiger partial charge in [-0.2, -0.15) is 0 Å². The normalized spacial score (nSPS) is 17.3. The Labute approximate surface area is 926 Å². The molecule has 0 aliphatic carbocycles. The summed E-state index contributed by atoms with van der Waals surface area (Å²) in [5.74, 6) is 11.4. The number of aliphatic hydroxyl groups excluding tert-OH is 2. The van der Waals surface area contributed by atoms with E-state index in [9.17, 15) is 0 Å². The fraction of sp³-hybridized carbons (Fsp3) is 1.00. The summed E-state index contributed by atoms with van der Waals surface area (Å²) < 4.78 is 43.1. The van der Waals surface area contributed by atoms with Crippen LogP contribution in [0.5, 0.6) is 0 Å². The van der Waals surface area contributed by atoms with Crippen molar-refractivity contribution in [2.45, 2.75) is 666 Å². The predicted octanol–water partition coefficient (Wildman–Crippen LogP) is 43.7. The van der Waals surface area contributed by atoms with Crippen LogP contribution in [-0.4, -0.2) is 126 Å². The van der Waals surface area contributed by atoms with Crippen molar-refractivity contribution in [3.05, 3.63) is 0 Å². The minimum absolute atomic E-state index is 0.157. The Kier molecular flexibility index (Phi) is 102. The number of methoxy groups -OCH3 is 5. The SMILES string of the molecule is CC(C)O[C@@H](C)[C@H](C)C(C)(C)C.CC(C)O[C@H](C)[C@H](C)C(C)(C)C.CC(C)[C@@H](C)C(C)(C)C.CC(C)[C@H](C)C(C)(C)C.CC(C)[C@H](C)C(C)(C)C.CC(C)[C@H](C)C(C)(C)C.CCCO[C@H](C)[C@H](C)C(C)(C)C.CC[C@H](C)C(C)(C)C.COC(C)CC(C)(C)C.CO[C@@H](C)[C@@H](C)C(C)(C)C.CO[C@H](C)CC(C)(C)C.CO[C@H](C)[C@@H](C)C(C)(C)C.CO[C@H](C)[C@H](C)C(C)(C)C.C[C@@H](O)[C@H](C)C(C)(C)C.C[C@H](O)CC(C)(C)C. The molecule has 2 N–H and O–H groups in total. The van der Waals surface area contributed by atoms with Gasteiger partial charge in [0.05, 0.1) is 73.2 Å². The molecule has 0 aromatic carbocycles. The number of ether oxygens (including phenoxy) is 8. The van der Waals surface area contributed by atoms with Crippen molar-refractivity contribution < 1.29 is 48.1 Å². The number of rotatable bonds is 27. The largest absolute Gasteiger partial charge is 0.393 e. The summed E-state index contributed by atoms with van der Waals surface area (Å²) in [5, 5.41) is 18.0. The molecule has 0 saturated heterocycles. The predicted molar refractivity (Wildman–Crippen MR) is 668 cm³/mol. The first-order valence-corrected chi connectivity index (χ1v) is 59.1. The van der Waals surface area contributed by atoms with Crippen LogP contribution in [0.15, 0.2) is 0 Å². The van der Waals surface area contributed by atoms with E-state index in [0.29, 0.717) is 173 Å². The standard InChI is InChI=1S/3C11H24O.3C9H20O.4C9H20.3C8H18O.C8H18.C7H16O/c2*1-8(2)12-10(4)9(3)11(5,6)7;1-7-8-12-10(3)9(2)11(4,5)6;3*1-7(8(2)10-6)9(3,4)5;4*1-7(2)8(3)9(4,5)6;2*1-7(9-5)6-8(2,3)4;1-6(7(2)9)8(3,4)5;1-6-7(2)8(3,4)5;1-6(8)5-7(2,3)4/h2*8-10H,1-7H3;9-10H,7-8H2,1-6H3;3*7-8H,1-6H3;4*7-8H,1-6H3;2*7H,6H2,1-5H3;6-7,9H,1-5H3;7H,6H2,1-5H3;6,8H,5H2,1-4H3/t9-,10+;9-,10-;9-,10+;2*7-,8+;7-,8-;4*8-;7-;;6-,7+;7-;6-/m00010110001.000/s1. The Morgan fingerprint density at radius 3 is 0.421 bits per heavy atom. The number of aliphatic hydroxyl groups is 2. The molecule has 0 saturated carbocycles. The van der Waals surface area contributed by atoms with E-state index in [1.165, 1.54) is 6.42 Å². The molecule has 0 radical (unpaired) electrons. The van der Waals surface area contributed by atoms with Gasteiger partial charge in [-0.05, 0) is 299 Å². The fourth-order valence-electron chi connectivity index (χ4n) is 14.5. The van der Waals surface area contributed by atoms with Gasteiger partial charge in [0.25, 0.3) is 0 Å². The minimum atomic E-state index is -0.190. The highest BCUT2D eigenvalue weighted by Gasteiger charge is 2.33. The van der Waals surface area contributed by atoms with E-state index in [1.54, 1.807) is 35.5 Å². The third-order valence-corrected chi connectivity index (χ3v) is 32.3. The number of hydrogen-bond acceptors (Lipinski definition) is 10. The maximum Gasteiger partial charge on any atom is 0.0580 e. The molecule has 0 bridgehead atoms. The van der Waals surface area contributed by atoms with Gasteiger partial charge in [-0.1, -0.05) is 470 Å². The van der Waals surface area contributed by atoms with Gasteiger partial charge in [-0.3, -0.25) is 0 Å². The van der Waals surface area contributed by atoms with Gasteiger partial charge in [0.1, 0.15) is 0 Å². The third kappa shape index (κ3) is 120. The zero-order valence-corrected chi connectivity index (χ0v) is 118. The Balaban J connectivity index is -0.0000000962. The van der Waals surface area contributed by atoms with Crippen LogP contribution in [0.1, 0.15) is 593 Å². The van der Waals surface area contributed by atoms with Crippen LogP contribution in [0.2, 0.25) is 0 Å².